The Bertz CT molecular complexity index is 669. The van der Waals surface area contributed by atoms with Crippen molar-refractivity contribution in [3.8, 4) is 11.5 Å². The fourth-order valence-corrected chi connectivity index (χ4v) is 2.05. The van der Waals surface area contributed by atoms with E-state index in [0.29, 0.717) is 30.8 Å². The molecule has 0 aromatic heterocycles. The summed E-state index contributed by atoms with van der Waals surface area (Å²) in [6.07, 6.45) is 2.41. The zero-order chi connectivity index (χ0) is 16.5. The lowest BCUT2D eigenvalue weighted by Gasteiger charge is -2.07. The minimum absolute atomic E-state index is 0.0108. The number of rotatable bonds is 7. The normalized spacial score (nSPS) is 10.7. The van der Waals surface area contributed by atoms with Crippen LogP contribution in [0.15, 0.2) is 53.6 Å². The van der Waals surface area contributed by atoms with Crippen molar-refractivity contribution >= 4 is 12.1 Å². The van der Waals surface area contributed by atoms with E-state index in [-0.39, 0.29) is 11.7 Å². The van der Waals surface area contributed by atoms with E-state index in [9.17, 15) is 9.90 Å². The van der Waals surface area contributed by atoms with E-state index >= 15 is 0 Å². The van der Waals surface area contributed by atoms with Gasteiger partial charge in [-0.15, -0.1) is 0 Å². The van der Waals surface area contributed by atoms with E-state index in [0.717, 1.165) is 5.56 Å². The molecule has 5 heteroatoms. The number of para-hydroxylation sites is 1. The third-order valence-corrected chi connectivity index (χ3v) is 3.21. The number of nitrogens with one attached hydrogen (secondary N) is 1. The number of hydrogen-bond acceptors (Lipinski definition) is 4. The van der Waals surface area contributed by atoms with Gasteiger partial charge in [0.05, 0.1) is 12.8 Å². The molecular weight excluding hydrogens is 292 g/mol. The standard InChI is InChI=1S/C18H20N2O3/c1-2-23-16-10-6-9-15(18(16)22)13-19-20-17(21)12-11-14-7-4-3-5-8-14/h3-10,13,22H,2,11-12H2,1H3,(H,20,21)/b19-13-. The molecule has 0 aliphatic rings. The van der Waals surface area contributed by atoms with Gasteiger partial charge in [0.25, 0.3) is 0 Å². The second kappa shape index (κ2) is 8.58. The molecular formula is C18H20N2O3. The third kappa shape index (κ3) is 5.14. The number of carbonyl (C=O) groups excluding carboxylic acids is 1. The Kier molecular flexibility index (Phi) is 6.17. The number of amides is 1. The molecule has 0 heterocycles. The molecule has 23 heavy (non-hydrogen) atoms. The largest absolute Gasteiger partial charge is 0.504 e. The predicted octanol–water partition coefficient (Wildman–Crippen LogP) is 2.87. The number of aromatic hydroxyl groups is 1. The molecule has 2 rings (SSSR count). The maximum absolute atomic E-state index is 11.7. The summed E-state index contributed by atoms with van der Waals surface area (Å²) in [6.45, 7) is 2.30. The highest BCUT2D eigenvalue weighted by Crippen LogP contribution is 2.28. The van der Waals surface area contributed by atoms with Crippen molar-refractivity contribution in [2.45, 2.75) is 19.8 Å². The summed E-state index contributed by atoms with van der Waals surface area (Å²) in [5.41, 5.74) is 4.05. The average molecular weight is 312 g/mol. The monoisotopic (exact) mass is 312 g/mol. The molecule has 0 saturated carbocycles. The van der Waals surface area contributed by atoms with Crippen LogP contribution in [0.2, 0.25) is 0 Å². The molecule has 0 aliphatic heterocycles. The van der Waals surface area contributed by atoms with Crippen molar-refractivity contribution in [2.75, 3.05) is 6.61 Å². The molecule has 1 amide bonds. The van der Waals surface area contributed by atoms with Crippen molar-refractivity contribution in [1.29, 1.82) is 0 Å². The lowest BCUT2D eigenvalue weighted by atomic mass is 10.1. The van der Waals surface area contributed by atoms with E-state index < -0.39 is 0 Å². The molecule has 0 bridgehead atoms. The highest BCUT2D eigenvalue weighted by molar-refractivity contribution is 5.86. The number of aryl methyl sites for hydroxylation is 1. The van der Waals surface area contributed by atoms with Gasteiger partial charge in [-0.25, -0.2) is 5.43 Å². The summed E-state index contributed by atoms with van der Waals surface area (Å²) >= 11 is 0. The van der Waals surface area contributed by atoms with Crippen LogP contribution < -0.4 is 10.2 Å². The molecule has 0 spiro atoms. The van der Waals surface area contributed by atoms with E-state index in [4.69, 9.17) is 4.74 Å². The number of nitrogens with zero attached hydrogens (tertiary/aromatic N) is 1. The fourth-order valence-electron chi connectivity index (χ4n) is 2.05. The zero-order valence-corrected chi connectivity index (χ0v) is 13.0. The lowest BCUT2D eigenvalue weighted by molar-refractivity contribution is -0.121. The van der Waals surface area contributed by atoms with Gasteiger partial charge >= 0.3 is 0 Å². The second-order valence-electron chi connectivity index (χ2n) is 4.91. The highest BCUT2D eigenvalue weighted by Gasteiger charge is 2.06. The molecule has 2 aromatic carbocycles. The van der Waals surface area contributed by atoms with Crippen LogP contribution in [0.25, 0.3) is 0 Å². The Morgan fingerprint density at radius 2 is 2.00 bits per heavy atom. The maximum Gasteiger partial charge on any atom is 0.240 e. The molecule has 0 atom stereocenters. The first-order chi connectivity index (χ1) is 11.2. The molecule has 0 unspecified atom stereocenters. The minimum Gasteiger partial charge on any atom is -0.504 e. The van der Waals surface area contributed by atoms with Crippen LogP contribution in [-0.4, -0.2) is 23.8 Å². The van der Waals surface area contributed by atoms with Crippen LogP contribution >= 0.6 is 0 Å². The number of phenols is 1. The van der Waals surface area contributed by atoms with Gasteiger partial charge < -0.3 is 9.84 Å². The lowest BCUT2D eigenvalue weighted by Crippen LogP contribution is -2.17. The molecule has 0 aliphatic carbocycles. The van der Waals surface area contributed by atoms with Crippen molar-refractivity contribution in [3.05, 3.63) is 59.7 Å². The third-order valence-electron chi connectivity index (χ3n) is 3.21. The molecule has 2 aromatic rings. The van der Waals surface area contributed by atoms with Crippen LogP contribution in [0.5, 0.6) is 11.5 Å². The van der Waals surface area contributed by atoms with Gasteiger partial charge in [0, 0.05) is 12.0 Å². The first kappa shape index (κ1) is 16.5. The Hall–Kier alpha value is -2.82. The summed E-state index contributed by atoms with van der Waals surface area (Å²) in [6, 6.07) is 14.9. The molecule has 2 N–H and O–H groups in total. The minimum atomic E-state index is -0.175. The van der Waals surface area contributed by atoms with E-state index in [2.05, 4.69) is 10.5 Å². The Morgan fingerprint density at radius 1 is 1.22 bits per heavy atom. The van der Waals surface area contributed by atoms with Gasteiger partial charge in [0.2, 0.25) is 5.91 Å². The second-order valence-corrected chi connectivity index (χ2v) is 4.91. The Balaban J connectivity index is 1.86. The van der Waals surface area contributed by atoms with Crippen molar-refractivity contribution < 1.29 is 14.6 Å². The van der Waals surface area contributed by atoms with E-state index in [1.54, 1.807) is 18.2 Å². The smallest absolute Gasteiger partial charge is 0.240 e. The zero-order valence-electron chi connectivity index (χ0n) is 13.0. The molecule has 120 valence electrons. The Morgan fingerprint density at radius 3 is 2.74 bits per heavy atom. The number of benzene rings is 2. The first-order valence-corrected chi connectivity index (χ1v) is 7.51. The van der Waals surface area contributed by atoms with Gasteiger partial charge in [-0.3, -0.25) is 4.79 Å². The summed E-state index contributed by atoms with van der Waals surface area (Å²) in [7, 11) is 0. The van der Waals surface area contributed by atoms with Crippen LogP contribution in [0.3, 0.4) is 0 Å². The summed E-state index contributed by atoms with van der Waals surface area (Å²) in [5, 5.41) is 13.9. The number of carbonyl (C=O) groups is 1. The predicted molar refractivity (Wildman–Crippen MR) is 89.8 cm³/mol. The number of hydrogen-bond donors (Lipinski definition) is 2. The number of phenolic OH excluding ortho intramolecular Hbond substituents is 1. The van der Waals surface area contributed by atoms with Crippen LogP contribution in [0, 0.1) is 0 Å². The van der Waals surface area contributed by atoms with Crippen LogP contribution in [0.4, 0.5) is 0 Å². The molecule has 0 saturated heterocycles. The molecule has 0 fully saturated rings. The average Bonchev–Trinajstić information content (AvgIpc) is 2.57. The van der Waals surface area contributed by atoms with Crippen molar-refractivity contribution in [1.82, 2.24) is 5.43 Å². The van der Waals surface area contributed by atoms with Gasteiger partial charge in [-0.2, -0.15) is 5.10 Å². The van der Waals surface area contributed by atoms with Crippen LogP contribution in [0.1, 0.15) is 24.5 Å². The Labute approximate surface area is 135 Å². The first-order valence-electron chi connectivity index (χ1n) is 7.51. The maximum atomic E-state index is 11.7. The van der Waals surface area contributed by atoms with Crippen LogP contribution in [-0.2, 0) is 11.2 Å². The summed E-state index contributed by atoms with van der Waals surface area (Å²) < 4.78 is 5.29. The van der Waals surface area contributed by atoms with E-state index in [1.165, 1.54) is 6.21 Å². The van der Waals surface area contributed by atoms with Gasteiger partial charge in [0.1, 0.15) is 0 Å². The van der Waals surface area contributed by atoms with Gasteiger partial charge in [-0.05, 0) is 31.0 Å². The summed E-state index contributed by atoms with van der Waals surface area (Å²) in [4.78, 5) is 11.7. The molecule has 0 radical (unpaired) electrons. The highest BCUT2D eigenvalue weighted by atomic mass is 16.5. The molecule has 5 nitrogen and oxygen atoms in total. The van der Waals surface area contributed by atoms with Crippen molar-refractivity contribution in [2.24, 2.45) is 5.10 Å². The number of ether oxygens (including phenoxy) is 1. The van der Waals surface area contributed by atoms with Gasteiger partial charge in [0.15, 0.2) is 11.5 Å². The SMILES string of the molecule is CCOc1cccc(/C=N\NC(=O)CCc2ccccc2)c1O. The summed E-state index contributed by atoms with van der Waals surface area (Å²) in [5.74, 6) is 0.231. The van der Waals surface area contributed by atoms with Gasteiger partial charge in [-0.1, -0.05) is 36.4 Å². The number of hydrazone groups is 1. The van der Waals surface area contributed by atoms with E-state index in [1.807, 2.05) is 37.3 Å². The topological polar surface area (TPSA) is 70.9 Å². The fraction of sp³-hybridized carbons (Fsp3) is 0.222. The quantitative estimate of drug-likeness (QED) is 0.610. The van der Waals surface area contributed by atoms with Crippen molar-refractivity contribution in [3.63, 3.8) is 0 Å².